The SMILES string of the molecule is N#C/C(=C/c1ccc(Br)cc1)C(=O)NC1CCCC1. The number of carbonyl (C=O) groups excluding carboxylic acids is 1. The Bertz CT molecular complexity index is 522. The fourth-order valence-electron chi connectivity index (χ4n) is 2.21. The largest absolute Gasteiger partial charge is 0.349 e. The number of carbonyl (C=O) groups is 1. The van der Waals surface area contributed by atoms with E-state index in [1.807, 2.05) is 30.3 Å². The van der Waals surface area contributed by atoms with Gasteiger partial charge >= 0.3 is 0 Å². The number of halogens is 1. The second-order valence-electron chi connectivity index (χ2n) is 4.68. The molecular formula is C15H15BrN2O. The molecule has 1 amide bonds. The van der Waals surface area contributed by atoms with E-state index in [9.17, 15) is 4.79 Å². The van der Waals surface area contributed by atoms with Gasteiger partial charge < -0.3 is 5.32 Å². The smallest absolute Gasteiger partial charge is 0.262 e. The van der Waals surface area contributed by atoms with Gasteiger partial charge in [-0.15, -0.1) is 0 Å². The quantitative estimate of drug-likeness (QED) is 0.685. The average molecular weight is 319 g/mol. The molecule has 1 aliphatic carbocycles. The maximum absolute atomic E-state index is 12.0. The lowest BCUT2D eigenvalue weighted by atomic mass is 10.1. The third kappa shape index (κ3) is 3.93. The molecule has 1 aromatic carbocycles. The minimum absolute atomic E-state index is 0.161. The number of rotatable bonds is 3. The zero-order valence-corrected chi connectivity index (χ0v) is 12.1. The summed E-state index contributed by atoms with van der Waals surface area (Å²) in [5.41, 5.74) is 1.01. The number of nitrogens with zero attached hydrogens (tertiary/aromatic N) is 1. The molecule has 1 saturated carbocycles. The topological polar surface area (TPSA) is 52.9 Å². The molecule has 0 saturated heterocycles. The van der Waals surface area contributed by atoms with Gasteiger partial charge in [0.15, 0.2) is 0 Å². The van der Waals surface area contributed by atoms with Crippen molar-refractivity contribution in [3.8, 4) is 6.07 Å². The molecule has 0 aromatic heterocycles. The number of nitrogens with one attached hydrogen (secondary N) is 1. The monoisotopic (exact) mass is 318 g/mol. The molecule has 0 atom stereocenters. The maximum Gasteiger partial charge on any atom is 0.262 e. The molecule has 0 unspecified atom stereocenters. The molecule has 3 nitrogen and oxygen atoms in total. The molecule has 0 radical (unpaired) electrons. The third-order valence-corrected chi connectivity index (χ3v) is 3.77. The molecule has 0 spiro atoms. The first kappa shape index (κ1) is 13.8. The molecule has 1 N–H and O–H groups in total. The van der Waals surface area contributed by atoms with E-state index in [0.29, 0.717) is 0 Å². The van der Waals surface area contributed by atoms with Crippen LogP contribution in [-0.4, -0.2) is 11.9 Å². The van der Waals surface area contributed by atoms with Gasteiger partial charge in [-0.2, -0.15) is 5.26 Å². The van der Waals surface area contributed by atoms with Gasteiger partial charge in [0.2, 0.25) is 0 Å². The zero-order valence-electron chi connectivity index (χ0n) is 10.5. The summed E-state index contributed by atoms with van der Waals surface area (Å²) < 4.78 is 0.971. The van der Waals surface area contributed by atoms with Crippen molar-refractivity contribution in [2.24, 2.45) is 0 Å². The van der Waals surface area contributed by atoms with Crippen LogP contribution in [0.4, 0.5) is 0 Å². The molecule has 0 aliphatic heterocycles. The fraction of sp³-hybridized carbons (Fsp3) is 0.333. The first-order valence-electron chi connectivity index (χ1n) is 6.37. The lowest BCUT2D eigenvalue weighted by Crippen LogP contribution is -2.33. The number of benzene rings is 1. The highest BCUT2D eigenvalue weighted by atomic mass is 79.9. The minimum atomic E-state index is -0.266. The van der Waals surface area contributed by atoms with E-state index in [4.69, 9.17) is 5.26 Å². The Balaban J connectivity index is 2.08. The minimum Gasteiger partial charge on any atom is -0.349 e. The van der Waals surface area contributed by atoms with E-state index in [2.05, 4.69) is 21.2 Å². The van der Waals surface area contributed by atoms with Crippen LogP contribution in [0, 0.1) is 11.3 Å². The maximum atomic E-state index is 12.0. The number of nitriles is 1. The van der Waals surface area contributed by atoms with Gasteiger partial charge in [0, 0.05) is 10.5 Å². The van der Waals surface area contributed by atoms with Gasteiger partial charge in [0.1, 0.15) is 11.6 Å². The number of hydrogen-bond acceptors (Lipinski definition) is 2. The van der Waals surface area contributed by atoms with Crippen molar-refractivity contribution in [1.82, 2.24) is 5.32 Å². The van der Waals surface area contributed by atoms with Crippen LogP contribution < -0.4 is 5.32 Å². The number of amides is 1. The van der Waals surface area contributed by atoms with Crippen molar-refractivity contribution < 1.29 is 4.79 Å². The van der Waals surface area contributed by atoms with Crippen LogP contribution in [0.2, 0.25) is 0 Å². The Hall–Kier alpha value is -1.60. The fourth-order valence-corrected chi connectivity index (χ4v) is 2.47. The molecule has 98 valence electrons. The molecule has 1 fully saturated rings. The summed E-state index contributed by atoms with van der Waals surface area (Å²) in [6, 6.07) is 9.71. The highest BCUT2D eigenvalue weighted by Crippen LogP contribution is 2.18. The summed E-state index contributed by atoms with van der Waals surface area (Å²) in [6.45, 7) is 0. The van der Waals surface area contributed by atoms with Gasteiger partial charge in [-0.25, -0.2) is 0 Å². The van der Waals surface area contributed by atoms with Crippen LogP contribution in [0.1, 0.15) is 31.2 Å². The summed E-state index contributed by atoms with van der Waals surface area (Å²) in [7, 11) is 0. The number of hydrogen-bond donors (Lipinski definition) is 1. The van der Waals surface area contributed by atoms with E-state index in [-0.39, 0.29) is 17.5 Å². The van der Waals surface area contributed by atoms with Gasteiger partial charge in [-0.05, 0) is 36.6 Å². The van der Waals surface area contributed by atoms with Gasteiger partial charge in [-0.3, -0.25) is 4.79 Å². The Morgan fingerprint density at radius 2 is 1.95 bits per heavy atom. The van der Waals surface area contributed by atoms with E-state index in [1.54, 1.807) is 6.08 Å². The van der Waals surface area contributed by atoms with Crippen molar-refractivity contribution in [3.63, 3.8) is 0 Å². The van der Waals surface area contributed by atoms with Gasteiger partial charge in [-0.1, -0.05) is 40.9 Å². The standard InChI is InChI=1S/C15H15BrN2O/c16-13-7-5-11(6-8-13)9-12(10-17)15(19)18-14-3-1-2-4-14/h5-9,14H,1-4H2,(H,18,19)/b12-9-. The molecule has 1 aliphatic rings. The van der Waals surface area contributed by atoms with E-state index >= 15 is 0 Å². The van der Waals surface area contributed by atoms with Crippen LogP contribution in [0.15, 0.2) is 34.3 Å². The van der Waals surface area contributed by atoms with E-state index in [0.717, 1.165) is 35.7 Å². The highest BCUT2D eigenvalue weighted by molar-refractivity contribution is 9.10. The van der Waals surface area contributed by atoms with Gasteiger partial charge in [0.05, 0.1) is 0 Å². The summed E-state index contributed by atoms with van der Waals surface area (Å²) >= 11 is 3.35. The van der Waals surface area contributed by atoms with Crippen LogP contribution in [0.3, 0.4) is 0 Å². The molecule has 4 heteroatoms. The van der Waals surface area contributed by atoms with Crippen molar-refractivity contribution in [3.05, 3.63) is 39.9 Å². The summed E-state index contributed by atoms with van der Waals surface area (Å²) in [6.07, 6.45) is 5.97. The molecule has 19 heavy (non-hydrogen) atoms. The summed E-state index contributed by atoms with van der Waals surface area (Å²) in [5.74, 6) is -0.266. The molecule has 1 aromatic rings. The molecule has 0 bridgehead atoms. The van der Waals surface area contributed by atoms with E-state index < -0.39 is 0 Å². The highest BCUT2D eigenvalue weighted by Gasteiger charge is 2.19. The van der Waals surface area contributed by atoms with Crippen LogP contribution in [0.25, 0.3) is 6.08 Å². The van der Waals surface area contributed by atoms with Crippen LogP contribution >= 0.6 is 15.9 Å². The predicted molar refractivity (Wildman–Crippen MR) is 78.1 cm³/mol. The third-order valence-electron chi connectivity index (χ3n) is 3.24. The van der Waals surface area contributed by atoms with Crippen LogP contribution in [0.5, 0.6) is 0 Å². The van der Waals surface area contributed by atoms with E-state index in [1.165, 1.54) is 0 Å². The second kappa shape index (κ2) is 6.53. The normalized spacial score (nSPS) is 16.1. The Kier molecular flexibility index (Phi) is 4.75. The second-order valence-corrected chi connectivity index (χ2v) is 5.59. The lowest BCUT2D eigenvalue weighted by Gasteiger charge is -2.10. The Labute approximate surface area is 121 Å². The molecule has 0 heterocycles. The average Bonchev–Trinajstić information content (AvgIpc) is 2.90. The van der Waals surface area contributed by atoms with Crippen molar-refractivity contribution in [2.75, 3.05) is 0 Å². The lowest BCUT2D eigenvalue weighted by molar-refractivity contribution is -0.117. The Morgan fingerprint density at radius 3 is 2.53 bits per heavy atom. The first-order valence-corrected chi connectivity index (χ1v) is 7.16. The van der Waals surface area contributed by atoms with Crippen LogP contribution in [-0.2, 0) is 4.79 Å². The van der Waals surface area contributed by atoms with Crippen molar-refractivity contribution in [2.45, 2.75) is 31.7 Å². The molecule has 2 rings (SSSR count). The summed E-state index contributed by atoms with van der Waals surface area (Å²) in [5, 5.41) is 12.0. The van der Waals surface area contributed by atoms with Crippen molar-refractivity contribution >= 4 is 27.9 Å². The Morgan fingerprint density at radius 1 is 1.32 bits per heavy atom. The summed E-state index contributed by atoms with van der Waals surface area (Å²) in [4.78, 5) is 12.0. The first-order chi connectivity index (χ1) is 9.19. The molecular weight excluding hydrogens is 304 g/mol. The zero-order chi connectivity index (χ0) is 13.7. The van der Waals surface area contributed by atoms with Gasteiger partial charge in [0.25, 0.3) is 5.91 Å². The predicted octanol–water partition coefficient (Wildman–Crippen LogP) is 3.41. The van der Waals surface area contributed by atoms with Crippen molar-refractivity contribution in [1.29, 1.82) is 5.26 Å².